The number of ether oxygens (including phenoxy) is 1. The van der Waals surface area contributed by atoms with Gasteiger partial charge in [0, 0.05) is 51.9 Å². The van der Waals surface area contributed by atoms with Gasteiger partial charge in [0.05, 0.1) is 18.8 Å². The van der Waals surface area contributed by atoms with Crippen LogP contribution in [0.4, 0.5) is 0 Å². The highest BCUT2D eigenvalue weighted by Gasteiger charge is 2.36. The summed E-state index contributed by atoms with van der Waals surface area (Å²) in [6, 6.07) is 0.407. The second-order valence-electron chi connectivity index (χ2n) is 7.32. The fourth-order valence-electron chi connectivity index (χ4n) is 3.63. The van der Waals surface area contributed by atoms with E-state index in [2.05, 4.69) is 32.8 Å². The fraction of sp³-hybridized carbons (Fsp3) is 0.667. The number of nitrogens with zero attached hydrogens (tertiary/aromatic N) is 5. The summed E-state index contributed by atoms with van der Waals surface area (Å²) < 4.78 is 10.3. The van der Waals surface area contributed by atoms with Crippen LogP contribution in [0.25, 0.3) is 0 Å². The van der Waals surface area contributed by atoms with E-state index >= 15 is 0 Å². The van der Waals surface area contributed by atoms with Crippen molar-refractivity contribution in [3.8, 4) is 0 Å². The number of aromatic nitrogens is 4. The first-order valence-electron chi connectivity index (χ1n) is 8.98. The summed E-state index contributed by atoms with van der Waals surface area (Å²) in [6.45, 7) is 2.90. The maximum atomic E-state index is 6.30. The highest BCUT2D eigenvalue weighted by Crippen LogP contribution is 2.32. The number of hydrogen-bond acceptors (Lipinski definition) is 4. The summed E-state index contributed by atoms with van der Waals surface area (Å²) in [5.41, 5.74) is 1.29. The van der Waals surface area contributed by atoms with E-state index in [1.54, 1.807) is 0 Å². The summed E-state index contributed by atoms with van der Waals surface area (Å²) in [6.07, 6.45) is 13.1. The minimum absolute atomic E-state index is 0.325. The van der Waals surface area contributed by atoms with Gasteiger partial charge in [0.15, 0.2) is 0 Å². The Kier molecular flexibility index (Phi) is 4.41. The molecule has 0 bridgehead atoms. The molecule has 1 saturated carbocycles. The van der Waals surface area contributed by atoms with Crippen LogP contribution in [0.2, 0.25) is 0 Å². The highest BCUT2D eigenvalue weighted by atomic mass is 16.5. The quantitative estimate of drug-likeness (QED) is 0.777. The third-order valence-corrected chi connectivity index (χ3v) is 5.31. The van der Waals surface area contributed by atoms with Crippen LogP contribution in [0.5, 0.6) is 0 Å². The Morgan fingerprint density at radius 1 is 1.25 bits per heavy atom. The first-order valence-corrected chi connectivity index (χ1v) is 8.98. The van der Waals surface area contributed by atoms with E-state index in [0.717, 1.165) is 44.3 Å². The van der Waals surface area contributed by atoms with Crippen molar-refractivity contribution < 1.29 is 4.74 Å². The van der Waals surface area contributed by atoms with Gasteiger partial charge < -0.3 is 9.30 Å². The van der Waals surface area contributed by atoms with Gasteiger partial charge in [-0.25, -0.2) is 4.98 Å². The normalized spacial score (nSPS) is 24.8. The lowest BCUT2D eigenvalue weighted by molar-refractivity contribution is 0.0192. The number of aryl methyl sites for hydroxylation is 2. The molecule has 0 amide bonds. The molecule has 0 spiro atoms. The van der Waals surface area contributed by atoms with Gasteiger partial charge in [0.2, 0.25) is 0 Å². The van der Waals surface area contributed by atoms with Crippen LogP contribution in [-0.2, 0) is 31.8 Å². The summed E-state index contributed by atoms with van der Waals surface area (Å²) >= 11 is 0. The molecule has 4 rings (SSSR count). The average Bonchev–Trinajstić information content (AvgIpc) is 3.00. The Labute approximate surface area is 143 Å². The zero-order chi connectivity index (χ0) is 16.5. The van der Waals surface area contributed by atoms with Crippen LogP contribution >= 0.6 is 0 Å². The molecule has 1 aliphatic carbocycles. The van der Waals surface area contributed by atoms with Gasteiger partial charge in [-0.2, -0.15) is 5.10 Å². The summed E-state index contributed by atoms with van der Waals surface area (Å²) in [7, 11) is 4.04. The molecular weight excluding hydrogens is 302 g/mol. The number of hydrogen-bond donors (Lipinski definition) is 0. The predicted molar refractivity (Wildman–Crippen MR) is 91.4 cm³/mol. The molecule has 130 valence electrons. The number of imidazole rings is 1. The zero-order valence-electron chi connectivity index (χ0n) is 14.6. The lowest BCUT2D eigenvalue weighted by Gasteiger charge is -2.27. The lowest BCUT2D eigenvalue weighted by atomic mass is 10.0. The van der Waals surface area contributed by atoms with Gasteiger partial charge in [-0.1, -0.05) is 0 Å². The second-order valence-corrected chi connectivity index (χ2v) is 7.32. The standard InChI is InChI=1S/C18H27N5O/c1-21-8-6-19-18(21)12-23-7-5-17(24-13-14-3-4-14)16(23)9-15-10-20-22(2)11-15/h6,8,10-11,14,16-17H,3-5,7,9,12-13H2,1-2H3/t16-,17-/m1/s1. The van der Waals surface area contributed by atoms with Gasteiger partial charge in [0.25, 0.3) is 0 Å². The third-order valence-electron chi connectivity index (χ3n) is 5.31. The monoisotopic (exact) mass is 329 g/mol. The van der Waals surface area contributed by atoms with Crippen LogP contribution in [0, 0.1) is 5.92 Å². The Balaban J connectivity index is 1.47. The molecule has 2 aromatic rings. The molecule has 2 fully saturated rings. The fourth-order valence-corrected chi connectivity index (χ4v) is 3.63. The van der Waals surface area contributed by atoms with E-state index in [9.17, 15) is 0 Å². The largest absolute Gasteiger partial charge is 0.376 e. The van der Waals surface area contributed by atoms with Crippen molar-refractivity contribution in [2.45, 2.75) is 44.4 Å². The maximum absolute atomic E-state index is 6.30. The molecule has 1 aliphatic heterocycles. The van der Waals surface area contributed by atoms with Gasteiger partial charge >= 0.3 is 0 Å². The van der Waals surface area contributed by atoms with Crippen molar-refractivity contribution in [2.24, 2.45) is 20.0 Å². The first-order chi connectivity index (χ1) is 11.7. The Hall–Kier alpha value is -1.66. The van der Waals surface area contributed by atoms with Crippen LogP contribution in [-0.4, -0.2) is 49.5 Å². The maximum Gasteiger partial charge on any atom is 0.122 e. The van der Waals surface area contributed by atoms with Crippen LogP contribution < -0.4 is 0 Å². The predicted octanol–water partition coefficient (Wildman–Crippen LogP) is 1.77. The first kappa shape index (κ1) is 15.8. The van der Waals surface area contributed by atoms with E-state index in [1.165, 1.54) is 18.4 Å². The van der Waals surface area contributed by atoms with E-state index in [-0.39, 0.29) is 0 Å². The van der Waals surface area contributed by atoms with Crippen molar-refractivity contribution in [2.75, 3.05) is 13.2 Å². The van der Waals surface area contributed by atoms with E-state index in [1.807, 2.05) is 30.3 Å². The van der Waals surface area contributed by atoms with Crippen molar-refractivity contribution in [1.29, 1.82) is 0 Å². The molecule has 6 heteroatoms. The molecule has 24 heavy (non-hydrogen) atoms. The van der Waals surface area contributed by atoms with Gasteiger partial charge in [-0.3, -0.25) is 9.58 Å². The molecule has 2 aliphatic rings. The van der Waals surface area contributed by atoms with Gasteiger partial charge in [-0.05, 0) is 37.2 Å². The average molecular weight is 329 g/mol. The Morgan fingerprint density at radius 3 is 2.79 bits per heavy atom. The van der Waals surface area contributed by atoms with Crippen molar-refractivity contribution in [3.05, 3.63) is 36.2 Å². The SMILES string of the molecule is Cn1cc(C[C@@H]2[C@H](OCC3CC3)CCN2Cc2nccn2C)cn1. The summed E-state index contributed by atoms with van der Waals surface area (Å²) in [4.78, 5) is 7.03. The number of rotatable bonds is 7. The third kappa shape index (κ3) is 3.54. The van der Waals surface area contributed by atoms with Gasteiger partial charge in [-0.15, -0.1) is 0 Å². The number of likely N-dealkylation sites (tertiary alicyclic amines) is 1. The van der Waals surface area contributed by atoms with E-state index in [4.69, 9.17) is 4.74 Å². The topological polar surface area (TPSA) is 48.1 Å². The molecule has 0 N–H and O–H groups in total. The van der Waals surface area contributed by atoms with E-state index in [0.29, 0.717) is 12.1 Å². The molecule has 6 nitrogen and oxygen atoms in total. The molecule has 2 aromatic heterocycles. The summed E-state index contributed by atoms with van der Waals surface area (Å²) in [5, 5.41) is 4.32. The molecule has 0 unspecified atom stereocenters. The highest BCUT2D eigenvalue weighted by molar-refractivity contribution is 5.09. The Morgan fingerprint density at radius 2 is 2.12 bits per heavy atom. The molecule has 1 saturated heterocycles. The Bertz CT molecular complexity index is 675. The second kappa shape index (κ2) is 6.69. The minimum Gasteiger partial charge on any atom is -0.376 e. The molecular formula is C18H27N5O. The van der Waals surface area contributed by atoms with Crippen LogP contribution in [0.3, 0.4) is 0 Å². The van der Waals surface area contributed by atoms with E-state index < -0.39 is 0 Å². The molecule has 2 atom stereocenters. The molecule has 3 heterocycles. The van der Waals surface area contributed by atoms with Crippen molar-refractivity contribution in [3.63, 3.8) is 0 Å². The van der Waals surface area contributed by atoms with Crippen LogP contribution in [0.15, 0.2) is 24.8 Å². The lowest BCUT2D eigenvalue weighted by Crippen LogP contribution is -2.38. The molecule has 0 aromatic carbocycles. The van der Waals surface area contributed by atoms with Crippen molar-refractivity contribution in [1.82, 2.24) is 24.2 Å². The van der Waals surface area contributed by atoms with Gasteiger partial charge in [0.1, 0.15) is 5.82 Å². The minimum atomic E-state index is 0.325. The summed E-state index contributed by atoms with van der Waals surface area (Å²) in [5.74, 6) is 1.93. The zero-order valence-corrected chi connectivity index (χ0v) is 14.6. The smallest absolute Gasteiger partial charge is 0.122 e. The van der Waals surface area contributed by atoms with Crippen LogP contribution in [0.1, 0.15) is 30.7 Å². The van der Waals surface area contributed by atoms with Crippen molar-refractivity contribution >= 4 is 0 Å². The molecule has 0 radical (unpaired) electrons.